The molecule has 1 rings (SSSR count). The van der Waals surface area contributed by atoms with E-state index in [1.807, 2.05) is 0 Å². The lowest BCUT2D eigenvalue weighted by molar-refractivity contribution is -0.303. The lowest BCUT2D eigenvalue weighted by Crippen LogP contribution is -2.60. The Morgan fingerprint density at radius 3 is 1.00 bits per heavy atom. The lowest BCUT2D eigenvalue weighted by Gasteiger charge is -2.40. The highest BCUT2D eigenvalue weighted by Gasteiger charge is 2.44. The molecule has 0 radical (unpaired) electrons. The molecular formula is C63H125NO10. The number of nitrogens with one attached hydrogen (secondary N) is 1. The Hall–Kier alpha value is -0.890. The van der Waals surface area contributed by atoms with Gasteiger partial charge in [0, 0.05) is 0 Å². The van der Waals surface area contributed by atoms with Crippen LogP contribution in [0.4, 0.5) is 0 Å². The molecule has 0 spiro atoms. The van der Waals surface area contributed by atoms with Crippen LogP contribution in [-0.4, -0.2) is 110 Å². The molecule has 9 unspecified atom stereocenters. The number of carbonyl (C=O) groups excluding carboxylic acids is 1. The number of aliphatic hydroxyl groups is 7. The number of unbranched alkanes of at least 4 members (excludes halogenated alkanes) is 45. The third-order valence-corrected chi connectivity index (χ3v) is 16.2. The van der Waals surface area contributed by atoms with E-state index >= 15 is 0 Å². The number of rotatable bonds is 57. The summed E-state index contributed by atoms with van der Waals surface area (Å²) in [5.41, 5.74) is 0. The molecule has 1 saturated heterocycles. The Bertz CT molecular complexity index is 1160. The van der Waals surface area contributed by atoms with Crippen LogP contribution in [0.5, 0.6) is 0 Å². The molecule has 0 aromatic rings. The van der Waals surface area contributed by atoms with Gasteiger partial charge in [-0.3, -0.25) is 4.79 Å². The minimum atomic E-state index is -1.66. The van der Waals surface area contributed by atoms with Gasteiger partial charge in [-0.05, 0) is 12.8 Å². The Morgan fingerprint density at radius 2 is 0.703 bits per heavy atom. The summed E-state index contributed by atoms with van der Waals surface area (Å²) >= 11 is 0. The number of hydrogen-bond acceptors (Lipinski definition) is 10. The number of hydrogen-bond donors (Lipinski definition) is 8. The van der Waals surface area contributed by atoms with Crippen LogP contribution in [0, 0.1) is 0 Å². The maximum atomic E-state index is 13.2. The molecule has 1 amide bonds. The molecule has 0 aliphatic carbocycles. The molecule has 11 heteroatoms. The van der Waals surface area contributed by atoms with Crippen LogP contribution in [0.3, 0.4) is 0 Å². The predicted octanol–water partition coefficient (Wildman–Crippen LogP) is 14.5. The van der Waals surface area contributed by atoms with Crippen LogP contribution in [0.2, 0.25) is 0 Å². The summed E-state index contributed by atoms with van der Waals surface area (Å²) in [6, 6.07) is -1.16. The predicted molar refractivity (Wildman–Crippen MR) is 307 cm³/mol. The molecule has 0 bridgehead atoms. The van der Waals surface area contributed by atoms with Crippen LogP contribution in [0.15, 0.2) is 0 Å². The number of aliphatic hydroxyl groups excluding tert-OH is 7. The minimum Gasteiger partial charge on any atom is -0.394 e. The fraction of sp³-hybridized carbons (Fsp3) is 0.984. The Balaban J connectivity index is 2.19. The van der Waals surface area contributed by atoms with Gasteiger partial charge < -0.3 is 50.5 Å². The van der Waals surface area contributed by atoms with Gasteiger partial charge in [-0.15, -0.1) is 0 Å². The first-order valence-corrected chi connectivity index (χ1v) is 32.4. The summed E-state index contributed by atoms with van der Waals surface area (Å²) in [4.78, 5) is 13.2. The molecule has 8 N–H and O–H groups in total. The first-order chi connectivity index (χ1) is 36.2. The largest absolute Gasteiger partial charge is 0.394 e. The molecule has 11 nitrogen and oxygen atoms in total. The summed E-state index contributed by atoms with van der Waals surface area (Å²) in [7, 11) is 0. The van der Waals surface area contributed by atoms with Gasteiger partial charge in [0.15, 0.2) is 6.29 Å². The molecule has 0 saturated carbocycles. The Kier molecular flexibility index (Phi) is 50.7. The van der Waals surface area contributed by atoms with Crippen LogP contribution < -0.4 is 5.32 Å². The van der Waals surface area contributed by atoms with Gasteiger partial charge in [-0.2, -0.15) is 0 Å². The smallest absolute Gasteiger partial charge is 0.249 e. The van der Waals surface area contributed by atoms with Crippen molar-refractivity contribution < 1.29 is 50.0 Å². The molecule has 0 aromatic carbocycles. The van der Waals surface area contributed by atoms with E-state index in [4.69, 9.17) is 9.47 Å². The maximum absolute atomic E-state index is 13.2. The van der Waals surface area contributed by atoms with Crippen LogP contribution in [-0.2, 0) is 14.3 Å². The van der Waals surface area contributed by atoms with Gasteiger partial charge in [-0.1, -0.05) is 316 Å². The zero-order valence-corrected chi connectivity index (χ0v) is 48.6. The van der Waals surface area contributed by atoms with E-state index in [-0.39, 0.29) is 6.42 Å². The highest BCUT2D eigenvalue weighted by molar-refractivity contribution is 5.80. The highest BCUT2D eigenvalue weighted by atomic mass is 16.7. The van der Waals surface area contributed by atoms with Gasteiger partial charge in [0.05, 0.1) is 25.4 Å². The summed E-state index contributed by atoms with van der Waals surface area (Å²) < 4.78 is 11.2. The van der Waals surface area contributed by atoms with Crippen molar-refractivity contribution >= 4 is 5.91 Å². The molecular weight excluding hydrogens is 931 g/mol. The van der Waals surface area contributed by atoms with E-state index in [1.54, 1.807) is 0 Å². The van der Waals surface area contributed by atoms with Gasteiger partial charge in [-0.25, -0.2) is 0 Å². The van der Waals surface area contributed by atoms with Crippen molar-refractivity contribution in [2.24, 2.45) is 0 Å². The van der Waals surface area contributed by atoms with E-state index in [0.717, 1.165) is 38.5 Å². The molecule has 0 aromatic heterocycles. The normalized spacial score (nSPS) is 19.7. The molecule has 1 heterocycles. The molecule has 9 atom stereocenters. The van der Waals surface area contributed by atoms with Gasteiger partial charge in [0.2, 0.25) is 5.91 Å². The highest BCUT2D eigenvalue weighted by Crippen LogP contribution is 2.24. The van der Waals surface area contributed by atoms with E-state index in [1.165, 1.54) is 250 Å². The fourth-order valence-electron chi connectivity index (χ4n) is 10.9. The van der Waals surface area contributed by atoms with Gasteiger partial charge in [0.25, 0.3) is 0 Å². The second kappa shape index (κ2) is 52.8. The molecule has 74 heavy (non-hydrogen) atoms. The second-order valence-corrected chi connectivity index (χ2v) is 23.2. The van der Waals surface area contributed by atoms with E-state index < -0.39 is 74.2 Å². The number of ether oxygens (including phenoxy) is 2. The minimum absolute atomic E-state index is 0.267. The topological polar surface area (TPSA) is 189 Å². The molecule has 1 aliphatic rings. The molecule has 1 aliphatic heterocycles. The summed E-state index contributed by atoms with van der Waals surface area (Å²) in [6.07, 6.45) is 50.3. The SMILES string of the molecule is CCCCCCCCCCCCCCCCCCCCCCCCCCCCCCCCC(O)C(=O)NC(COC1OC(CO)C(O)C(O)C1O)C(O)C(O)CCCCCCCCCCCCCCCCCCC. The third-order valence-electron chi connectivity index (χ3n) is 16.2. The van der Waals surface area contributed by atoms with Crippen molar-refractivity contribution in [3.05, 3.63) is 0 Å². The van der Waals surface area contributed by atoms with Crippen LogP contribution in [0.1, 0.15) is 328 Å². The average molecular weight is 1060 g/mol. The maximum Gasteiger partial charge on any atom is 0.249 e. The van der Waals surface area contributed by atoms with Crippen molar-refractivity contribution in [1.29, 1.82) is 0 Å². The first-order valence-electron chi connectivity index (χ1n) is 32.4. The quantitative estimate of drug-likeness (QED) is 0.0272. The molecule has 1 fully saturated rings. The average Bonchev–Trinajstić information content (AvgIpc) is 3.40. The van der Waals surface area contributed by atoms with Crippen molar-refractivity contribution in [3.63, 3.8) is 0 Å². The fourth-order valence-corrected chi connectivity index (χ4v) is 10.9. The van der Waals surface area contributed by atoms with E-state index in [0.29, 0.717) is 19.3 Å². The van der Waals surface area contributed by atoms with Crippen molar-refractivity contribution in [1.82, 2.24) is 5.32 Å². The van der Waals surface area contributed by atoms with Gasteiger partial charge >= 0.3 is 0 Å². The van der Waals surface area contributed by atoms with E-state index in [9.17, 15) is 40.5 Å². The summed E-state index contributed by atoms with van der Waals surface area (Å²) in [5.74, 6) is -0.688. The Labute approximate surface area is 456 Å². The Morgan fingerprint density at radius 1 is 0.419 bits per heavy atom. The summed E-state index contributed by atoms with van der Waals surface area (Å²) in [6.45, 7) is 3.51. The lowest BCUT2D eigenvalue weighted by atomic mass is 9.98. The van der Waals surface area contributed by atoms with Crippen LogP contribution in [0.25, 0.3) is 0 Å². The van der Waals surface area contributed by atoms with E-state index in [2.05, 4.69) is 19.2 Å². The summed E-state index contributed by atoms with van der Waals surface area (Å²) in [5, 5.41) is 76.3. The molecule has 442 valence electrons. The zero-order valence-electron chi connectivity index (χ0n) is 48.6. The zero-order chi connectivity index (χ0) is 54.0. The first kappa shape index (κ1) is 71.1. The van der Waals surface area contributed by atoms with Crippen molar-refractivity contribution in [2.75, 3.05) is 13.2 Å². The van der Waals surface area contributed by atoms with Crippen molar-refractivity contribution in [2.45, 2.75) is 384 Å². The van der Waals surface area contributed by atoms with Crippen molar-refractivity contribution in [3.8, 4) is 0 Å². The third kappa shape index (κ3) is 40.3. The number of amides is 1. The van der Waals surface area contributed by atoms with Crippen LogP contribution >= 0.6 is 0 Å². The monoisotopic (exact) mass is 1060 g/mol. The second-order valence-electron chi connectivity index (χ2n) is 23.2. The number of carbonyl (C=O) groups is 1. The van der Waals surface area contributed by atoms with Gasteiger partial charge in [0.1, 0.15) is 36.6 Å². The standard InChI is InChI=1S/C63H125NO10/c1-3-5-7-9-11-13-15-17-19-21-22-23-24-25-26-27-28-29-30-31-32-33-35-37-39-41-43-45-47-49-51-56(67)62(72)64-54(53-73-63-61(71)60(70)59(69)57(52-65)74-63)58(68)55(66)50-48-46-44-42-40-38-36-34-20-18-16-14-12-10-8-6-4-2/h54-61,63,65-71H,3-53H2,1-2H3,(H,64,72).